The minimum Gasteiger partial charge on any atom is -0.468 e. The van der Waals surface area contributed by atoms with E-state index in [0.29, 0.717) is 5.56 Å². The molecule has 0 aromatic heterocycles. The quantitative estimate of drug-likeness (QED) is 0.769. The lowest BCUT2D eigenvalue weighted by Gasteiger charge is -2.06. The number of nitrogens with one attached hydrogen (secondary N) is 2. The molecule has 0 aliphatic carbocycles. The zero-order chi connectivity index (χ0) is 14.3. The van der Waals surface area contributed by atoms with E-state index in [1.807, 2.05) is 0 Å². The van der Waals surface area contributed by atoms with Crippen molar-refractivity contribution in [1.29, 1.82) is 0 Å². The fraction of sp³-hybridized carbons (Fsp3) is 0.250. The van der Waals surface area contributed by atoms with Gasteiger partial charge in [-0.25, -0.2) is 0 Å². The Labute approximate surface area is 118 Å². The first-order chi connectivity index (χ1) is 9.02. The van der Waals surface area contributed by atoms with Crippen LogP contribution in [-0.4, -0.2) is 38.0 Å². The summed E-state index contributed by atoms with van der Waals surface area (Å²) >= 11 is 3.25. The van der Waals surface area contributed by atoms with Gasteiger partial charge in [-0.15, -0.1) is 0 Å². The van der Waals surface area contributed by atoms with Gasteiger partial charge in [-0.2, -0.15) is 0 Å². The van der Waals surface area contributed by atoms with E-state index in [9.17, 15) is 14.4 Å². The van der Waals surface area contributed by atoms with E-state index in [1.54, 1.807) is 24.3 Å². The van der Waals surface area contributed by atoms with Crippen molar-refractivity contribution in [1.82, 2.24) is 10.6 Å². The van der Waals surface area contributed by atoms with Gasteiger partial charge >= 0.3 is 5.97 Å². The summed E-state index contributed by atoms with van der Waals surface area (Å²) in [5, 5.41) is 4.76. The zero-order valence-corrected chi connectivity index (χ0v) is 11.8. The lowest BCUT2D eigenvalue weighted by Crippen LogP contribution is -2.39. The third kappa shape index (κ3) is 5.52. The van der Waals surface area contributed by atoms with Crippen molar-refractivity contribution in [3.8, 4) is 0 Å². The van der Waals surface area contributed by atoms with Gasteiger partial charge in [-0.3, -0.25) is 14.4 Å². The summed E-state index contributed by atoms with van der Waals surface area (Å²) in [6, 6.07) is 6.78. The number of hydrogen-bond acceptors (Lipinski definition) is 4. The topological polar surface area (TPSA) is 84.5 Å². The second-order valence-electron chi connectivity index (χ2n) is 3.55. The van der Waals surface area contributed by atoms with E-state index in [-0.39, 0.29) is 19.0 Å². The Kier molecular flexibility index (Phi) is 6.01. The number of ether oxygens (including phenoxy) is 1. The molecule has 7 heteroatoms. The Bertz CT molecular complexity index is 490. The number of methoxy groups -OCH3 is 1. The van der Waals surface area contributed by atoms with Crippen LogP contribution < -0.4 is 10.6 Å². The molecular formula is C12H13BrN2O4. The summed E-state index contributed by atoms with van der Waals surface area (Å²) < 4.78 is 5.14. The smallest absolute Gasteiger partial charge is 0.325 e. The van der Waals surface area contributed by atoms with Crippen LogP contribution in [0.2, 0.25) is 0 Å². The Morgan fingerprint density at radius 3 is 2.58 bits per heavy atom. The van der Waals surface area contributed by atoms with Crippen LogP contribution in [0.1, 0.15) is 10.4 Å². The zero-order valence-electron chi connectivity index (χ0n) is 10.2. The predicted octanol–water partition coefficient (Wildman–Crippen LogP) is 0.468. The van der Waals surface area contributed by atoms with E-state index in [0.717, 1.165) is 4.47 Å². The van der Waals surface area contributed by atoms with E-state index >= 15 is 0 Å². The first-order valence-corrected chi connectivity index (χ1v) is 6.19. The number of amides is 2. The number of rotatable bonds is 5. The molecule has 1 aromatic carbocycles. The molecule has 0 saturated carbocycles. The second-order valence-corrected chi connectivity index (χ2v) is 4.46. The molecule has 0 unspecified atom stereocenters. The summed E-state index contributed by atoms with van der Waals surface area (Å²) in [5.41, 5.74) is 0.440. The van der Waals surface area contributed by atoms with Crippen molar-refractivity contribution in [3.63, 3.8) is 0 Å². The van der Waals surface area contributed by atoms with Crippen molar-refractivity contribution >= 4 is 33.7 Å². The third-order valence-corrected chi connectivity index (χ3v) is 2.65. The lowest BCUT2D eigenvalue weighted by atomic mass is 10.2. The summed E-state index contributed by atoms with van der Waals surface area (Å²) in [6.07, 6.45) is 0. The van der Waals surface area contributed by atoms with Crippen LogP contribution in [-0.2, 0) is 14.3 Å². The van der Waals surface area contributed by atoms with Crippen molar-refractivity contribution in [2.75, 3.05) is 20.2 Å². The minimum absolute atomic E-state index is 0.206. The Morgan fingerprint density at radius 2 is 1.95 bits per heavy atom. The maximum Gasteiger partial charge on any atom is 0.325 e. The molecule has 0 aliphatic rings. The van der Waals surface area contributed by atoms with Gasteiger partial charge in [0, 0.05) is 10.0 Å². The number of carbonyl (C=O) groups excluding carboxylic acids is 3. The highest BCUT2D eigenvalue weighted by atomic mass is 79.9. The van der Waals surface area contributed by atoms with E-state index in [2.05, 4.69) is 31.3 Å². The molecule has 0 spiro atoms. The van der Waals surface area contributed by atoms with Crippen LogP contribution >= 0.6 is 15.9 Å². The van der Waals surface area contributed by atoms with E-state index in [1.165, 1.54) is 7.11 Å². The van der Waals surface area contributed by atoms with Gasteiger partial charge < -0.3 is 15.4 Å². The SMILES string of the molecule is COC(=O)CNC(=O)CNC(=O)c1cccc(Br)c1. The molecule has 6 nitrogen and oxygen atoms in total. The molecule has 0 aliphatic heterocycles. The first kappa shape index (κ1) is 15.2. The molecule has 2 N–H and O–H groups in total. The molecule has 1 rings (SSSR count). The van der Waals surface area contributed by atoms with Gasteiger partial charge in [0.1, 0.15) is 6.54 Å². The number of benzene rings is 1. The number of halogens is 1. The maximum absolute atomic E-state index is 11.7. The molecule has 0 heterocycles. The summed E-state index contributed by atoms with van der Waals surface area (Å²) in [4.78, 5) is 33.8. The molecule has 1 aromatic rings. The highest BCUT2D eigenvalue weighted by Gasteiger charge is 2.09. The van der Waals surface area contributed by atoms with Gasteiger partial charge in [-0.1, -0.05) is 22.0 Å². The monoisotopic (exact) mass is 328 g/mol. The number of hydrogen-bond donors (Lipinski definition) is 2. The van der Waals surface area contributed by atoms with Crippen LogP contribution in [0.4, 0.5) is 0 Å². The largest absolute Gasteiger partial charge is 0.468 e. The minimum atomic E-state index is -0.549. The normalized spacial score (nSPS) is 9.58. The molecule has 0 fully saturated rings. The van der Waals surface area contributed by atoms with Gasteiger partial charge in [0.15, 0.2) is 0 Å². The average Bonchev–Trinajstić information content (AvgIpc) is 2.41. The maximum atomic E-state index is 11.7. The molecule has 0 atom stereocenters. The average molecular weight is 329 g/mol. The Hall–Kier alpha value is -1.89. The fourth-order valence-electron chi connectivity index (χ4n) is 1.20. The molecule has 19 heavy (non-hydrogen) atoms. The predicted molar refractivity (Wildman–Crippen MR) is 71.5 cm³/mol. The Balaban J connectivity index is 2.38. The lowest BCUT2D eigenvalue weighted by molar-refractivity contribution is -0.141. The molecule has 0 saturated heterocycles. The highest BCUT2D eigenvalue weighted by molar-refractivity contribution is 9.10. The number of carbonyl (C=O) groups is 3. The molecule has 102 valence electrons. The van der Waals surface area contributed by atoms with Crippen molar-refractivity contribution in [3.05, 3.63) is 34.3 Å². The van der Waals surface area contributed by atoms with Crippen LogP contribution in [0.3, 0.4) is 0 Å². The molecular weight excluding hydrogens is 316 g/mol. The van der Waals surface area contributed by atoms with Gasteiger partial charge in [-0.05, 0) is 18.2 Å². The van der Waals surface area contributed by atoms with E-state index < -0.39 is 11.9 Å². The summed E-state index contributed by atoms with van der Waals surface area (Å²) in [7, 11) is 1.23. The van der Waals surface area contributed by atoms with Crippen LogP contribution in [0.15, 0.2) is 28.7 Å². The van der Waals surface area contributed by atoms with Crippen LogP contribution in [0.25, 0.3) is 0 Å². The van der Waals surface area contributed by atoms with Crippen LogP contribution in [0, 0.1) is 0 Å². The van der Waals surface area contributed by atoms with Gasteiger partial charge in [0.2, 0.25) is 5.91 Å². The van der Waals surface area contributed by atoms with Gasteiger partial charge in [0.25, 0.3) is 5.91 Å². The molecule has 2 amide bonds. The van der Waals surface area contributed by atoms with Crippen LogP contribution in [0.5, 0.6) is 0 Å². The fourth-order valence-corrected chi connectivity index (χ4v) is 1.60. The van der Waals surface area contributed by atoms with Crippen molar-refractivity contribution in [2.24, 2.45) is 0 Å². The first-order valence-electron chi connectivity index (χ1n) is 5.40. The summed E-state index contributed by atoms with van der Waals surface area (Å²) in [6.45, 7) is -0.426. The molecule has 0 bridgehead atoms. The van der Waals surface area contributed by atoms with Crippen molar-refractivity contribution < 1.29 is 19.1 Å². The third-order valence-electron chi connectivity index (χ3n) is 2.15. The Morgan fingerprint density at radius 1 is 1.21 bits per heavy atom. The number of esters is 1. The van der Waals surface area contributed by atoms with Gasteiger partial charge in [0.05, 0.1) is 13.7 Å². The van der Waals surface area contributed by atoms with Crippen molar-refractivity contribution in [2.45, 2.75) is 0 Å². The summed E-state index contributed by atoms with van der Waals surface area (Å²) in [5.74, 6) is -1.38. The standard InChI is InChI=1S/C12H13BrN2O4/c1-19-11(17)7-14-10(16)6-15-12(18)8-3-2-4-9(13)5-8/h2-5H,6-7H2,1H3,(H,14,16)(H,15,18). The molecule has 0 radical (unpaired) electrons. The van der Waals surface area contributed by atoms with E-state index in [4.69, 9.17) is 0 Å². The highest BCUT2D eigenvalue weighted by Crippen LogP contribution is 2.11. The second kappa shape index (κ2) is 7.52.